The Morgan fingerprint density at radius 2 is 2.60 bits per heavy atom. The normalized spacial score (nSPS) is 24.0. The Kier molecular flexibility index (Phi) is 1.80. The van der Waals surface area contributed by atoms with Gasteiger partial charge in [-0.2, -0.15) is 0 Å². The molecule has 1 aliphatic rings. The summed E-state index contributed by atoms with van der Waals surface area (Å²) >= 11 is 0. The fourth-order valence-corrected chi connectivity index (χ4v) is 0.986. The summed E-state index contributed by atoms with van der Waals surface area (Å²) in [5.74, 6) is 0. The first-order valence-electron chi connectivity index (χ1n) is 3.09. The van der Waals surface area contributed by atoms with E-state index in [0.29, 0.717) is 13.0 Å². The molecule has 0 aromatic heterocycles. The van der Waals surface area contributed by atoms with E-state index in [9.17, 15) is 4.79 Å². The number of carbonyl (C=O) groups is 1. The van der Waals surface area contributed by atoms with Crippen LogP contribution in [-0.4, -0.2) is 23.8 Å². The van der Waals surface area contributed by atoms with Crippen LogP contribution in [0.1, 0.15) is 6.42 Å². The summed E-state index contributed by atoms with van der Waals surface area (Å²) in [6.07, 6.45) is -0.270. The van der Waals surface area contributed by atoms with E-state index in [0.717, 1.165) is 5.70 Å². The predicted molar refractivity (Wildman–Crippen MR) is 36.7 cm³/mol. The molecule has 4 nitrogen and oxygen atoms in total. The molecular formula is C6H10N2O2. The summed E-state index contributed by atoms with van der Waals surface area (Å²) < 4.78 is 0. The average Bonchev–Trinajstić information content (AvgIpc) is 2.13. The minimum atomic E-state index is -0.971. The Labute approximate surface area is 58.9 Å². The number of hydrogen-bond donors (Lipinski definition) is 3. The maximum Gasteiger partial charge on any atom is 0.404 e. The molecule has 1 aliphatic heterocycles. The van der Waals surface area contributed by atoms with Gasteiger partial charge in [0, 0.05) is 18.7 Å². The second kappa shape index (κ2) is 2.60. The minimum absolute atomic E-state index is 0.00463. The molecule has 1 fully saturated rings. The van der Waals surface area contributed by atoms with Gasteiger partial charge in [-0.3, -0.25) is 0 Å². The zero-order valence-electron chi connectivity index (χ0n) is 5.55. The van der Waals surface area contributed by atoms with Crippen LogP contribution in [0.25, 0.3) is 0 Å². The highest BCUT2D eigenvalue weighted by Gasteiger charge is 2.18. The van der Waals surface area contributed by atoms with Gasteiger partial charge in [0.15, 0.2) is 0 Å². The highest BCUT2D eigenvalue weighted by Crippen LogP contribution is 2.06. The molecule has 0 spiro atoms. The van der Waals surface area contributed by atoms with Crippen molar-refractivity contribution < 1.29 is 9.90 Å². The van der Waals surface area contributed by atoms with Crippen LogP contribution in [0.5, 0.6) is 0 Å². The maximum atomic E-state index is 10.1. The lowest BCUT2D eigenvalue weighted by molar-refractivity contribution is 0.191. The first kappa shape index (κ1) is 6.92. The van der Waals surface area contributed by atoms with Gasteiger partial charge < -0.3 is 15.7 Å². The first-order chi connectivity index (χ1) is 4.68. The standard InChI is InChI=1S/C6H10N2O2/c1-4-2-5(3-7-4)8-6(9)10/h5,7-8H,1-3H2,(H,9,10). The molecule has 1 saturated heterocycles. The van der Waals surface area contributed by atoms with E-state index in [4.69, 9.17) is 5.11 Å². The number of rotatable bonds is 1. The summed E-state index contributed by atoms with van der Waals surface area (Å²) in [4.78, 5) is 10.1. The number of carboxylic acid groups (broad SMARTS) is 1. The second-order valence-electron chi connectivity index (χ2n) is 2.33. The molecule has 0 saturated carbocycles. The SMILES string of the molecule is C=C1CC(NC(=O)O)CN1. The monoisotopic (exact) mass is 142 g/mol. The van der Waals surface area contributed by atoms with Crippen LogP contribution in [0.3, 0.4) is 0 Å². The molecule has 10 heavy (non-hydrogen) atoms. The summed E-state index contributed by atoms with van der Waals surface area (Å²) in [6.45, 7) is 4.33. The van der Waals surface area contributed by atoms with Gasteiger partial charge in [-0.25, -0.2) is 4.79 Å². The number of nitrogens with one attached hydrogen (secondary N) is 2. The molecule has 0 radical (unpaired) electrons. The van der Waals surface area contributed by atoms with Gasteiger partial charge in [0.1, 0.15) is 0 Å². The van der Waals surface area contributed by atoms with Crippen molar-refractivity contribution in [3.05, 3.63) is 12.3 Å². The van der Waals surface area contributed by atoms with Crippen molar-refractivity contribution in [3.63, 3.8) is 0 Å². The first-order valence-corrected chi connectivity index (χ1v) is 3.09. The van der Waals surface area contributed by atoms with Crippen LogP contribution in [0, 0.1) is 0 Å². The van der Waals surface area contributed by atoms with Crippen molar-refractivity contribution >= 4 is 6.09 Å². The molecule has 0 aliphatic carbocycles. The van der Waals surface area contributed by atoms with Crippen molar-refractivity contribution in [3.8, 4) is 0 Å². The van der Waals surface area contributed by atoms with Gasteiger partial charge in [-0.1, -0.05) is 6.58 Å². The van der Waals surface area contributed by atoms with Crippen molar-refractivity contribution in [2.24, 2.45) is 0 Å². The van der Waals surface area contributed by atoms with Gasteiger partial charge in [-0.05, 0) is 0 Å². The predicted octanol–water partition coefficient (Wildman–Crippen LogP) is 0.130. The highest BCUT2D eigenvalue weighted by molar-refractivity contribution is 5.65. The third kappa shape index (κ3) is 1.65. The topological polar surface area (TPSA) is 61.4 Å². The third-order valence-electron chi connectivity index (χ3n) is 1.42. The number of amides is 1. The van der Waals surface area contributed by atoms with E-state index >= 15 is 0 Å². The van der Waals surface area contributed by atoms with E-state index in [2.05, 4.69) is 17.2 Å². The zero-order valence-corrected chi connectivity index (χ0v) is 5.55. The van der Waals surface area contributed by atoms with Crippen molar-refractivity contribution in [2.45, 2.75) is 12.5 Å². The molecule has 3 N–H and O–H groups in total. The Bertz CT molecular complexity index is 167. The molecule has 0 bridgehead atoms. The van der Waals surface area contributed by atoms with E-state index in [1.54, 1.807) is 0 Å². The lowest BCUT2D eigenvalue weighted by atomic mass is 10.2. The van der Waals surface area contributed by atoms with Gasteiger partial charge in [0.25, 0.3) is 0 Å². The fourth-order valence-electron chi connectivity index (χ4n) is 0.986. The molecule has 1 heterocycles. The van der Waals surface area contributed by atoms with Crippen LogP contribution in [-0.2, 0) is 0 Å². The Hall–Kier alpha value is -1.19. The van der Waals surface area contributed by atoms with Crippen LogP contribution in [0.15, 0.2) is 12.3 Å². The Morgan fingerprint density at radius 1 is 1.90 bits per heavy atom. The largest absolute Gasteiger partial charge is 0.465 e. The second-order valence-corrected chi connectivity index (χ2v) is 2.33. The Morgan fingerprint density at radius 3 is 3.00 bits per heavy atom. The molecular weight excluding hydrogens is 132 g/mol. The molecule has 1 atom stereocenters. The van der Waals surface area contributed by atoms with Gasteiger partial charge in [0.05, 0.1) is 6.04 Å². The Balaban J connectivity index is 2.31. The van der Waals surface area contributed by atoms with Crippen molar-refractivity contribution in [1.82, 2.24) is 10.6 Å². The molecule has 56 valence electrons. The number of hydrogen-bond acceptors (Lipinski definition) is 2. The van der Waals surface area contributed by atoms with Crippen LogP contribution in [0.4, 0.5) is 4.79 Å². The molecule has 0 aromatic carbocycles. The van der Waals surface area contributed by atoms with Crippen LogP contribution >= 0.6 is 0 Å². The molecule has 1 unspecified atom stereocenters. The summed E-state index contributed by atoms with van der Waals surface area (Å²) in [7, 11) is 0. The third-order valence-corrected chi connectivity index (χ3v) is 1.42. The summed E-state index contributed by atoms with van der Waals surface area (Å²) in [6, 6.07) is 0.00463. The van der Waals surface area contributed by atoms with E-state index in [1.807, 2.05) is 0 Å². The van der Waals surface area contributed by atoms with Crippen LogP contribution in [0.2, 0.25) is 0 Å². The smallest absolute Gasteiger partial charge is 0.404 e. The molecule has 1 rings (SSSR count). The van der Waals surface area contributed by atoms with Gasteiger partial charge >= 0.3 is 6.09 Å². The van der Waals surface area contributed by atoms with E-state index in [-0.39, 0.29) is 6.04 Å². The average molecular weight is 142 g/mol. The summed E-state index contributed by atoms with van der Waals surface area (Å²) in [5.41, 5.74) is 0.902. The van der Waals surface area contributed by atoms with E-state index in [1.165, 1.54) is 0 Å². The quantitative estimate of drug-likeness (QED) is 0.487. The minimum Gasteiger partial charge on any atom is -0.465 e. The van der Waals surface area contributed by atoms with Crippen molar-refractivity contribution in [2.75, 3.05) is 6.54 Å². The van der Waals surface area contributed by atoms with E-state index < -0.39 is 6.09 Å². The highest BCUT2D eigenvalue weighted by atomic mass is 16.4. The lowest BCUT2D eigenvalue weighted by Crippen LogP contribution is -2.34. The summed E-state index contributed by atoms with van der Waals surface area (Å²) in [5, 5.41) is 13.6. The molecule has 0 aromatic rings. The molecule has 4 heteroatoms. The van der Waals surface area contributed by atoms with Crippen LogP contribution < -0.4 is 10.6 Å². The fraction of sp³-hybridized carbons (Fsp3) is 0.500. The van der Waals surface area contributed by atoms with Gasteiger partial charge in [0.2, 0.25) is 0 Å². The molecule has 1 amide bonds. The van der Waals surface area contributed by atoms with Gasteiger partial charge in [-0.15, -0.1) is 0 Å². The zero-order chi connectivity index (χ0) is 7.56. The lowest BCUT2D eigenvalue weighted by Gasteiger charge is -2.04. The maximum absolute atomic E-state index is 10.1. The van der Waals surface area contributed by atoms with Crippen molar-refractivity contribution in [1.29, 1.82) is 0 Å².